The van der Waals surface area contributed by atoms with Crippen LogP contribution in [0, 0.1) is 25.5 Å². The average Bonchev–Trinajstić information content (AvgIpc) is 2.27. The van der Waals surface area contributed by atoms with Crippen LogP contribution >= 0.6 is 0 Å². The van der Waals surface area contributed by atoms with Gasteiger partial charge in [0, 0.05) is 5.56 Å². The van der Waals surface area contributed by atoms with Crippen LogP contribution in [0.1, 0.15) is 28.3 Å². The maximum absolute atomic E-state index is 13.7. The van der Waals surface area contributed by atoms with E-state index in [0.29, 0.717) is 5.56 Å². The van der Waals surface area contributed by atoms with Crippen LogP contribution in [-0.2, 0) is 0 Å². The topological polar surface area (TPSA) is 26.0 Å². The van der Waals surface area contributed by atoms with Crippen molar-refractivity contribution in [3.63, 3.8) is 0 Å². The summed E-state index contributed by atoms with van der Waals surface area (Å²) in [6.07, 6.45) is 0. The van der Waals surface area contributed by atoms with Gasteiger partial charge >= 0.3 is 0 Å². The monoisotopic (exact) mass is 247 g/mol. The molecule has 0 spiro atoms. The van der Waals surface area contributed by atoms with E-state index < -0.39 is 6.04 Å². The van der Waals surface area contributed by atoms with E-state index in [4.69, 9.17) is 5.73 Å². The molecule has 0 aliphatic rings. The molecule has 18 heavy (non-hydrogen) atoms. The summed E-state index contributed by atoms with van der Waals surface area (Å²) in [6, 6.07) is 8.66. The summed E-state index contributed by atoms with van der Waals surface area (Å²) in [6.45, 7) is 3.57. The van der Waals surface area contributed by atoms with Crippen molar-refractivity contribution in [3.05, 3.63) is 70.3 Å². The average molecular weight is 247 g/mol. The first-order valence-corrected chi connectivity index (χ1v) is 5.77. The number of hydrogen-bond acceptors (Lipinski definition) is 1. The Bertz CT molecular complexity index is 555. The van der Waals surface area contributed by atoms with Gasteiger partial charge in [-0.05, 0) is 48.7 Å². The first-order chi connectivity index (χ1) is 8.50. The molecular weight excluding hydrogens is 232 g/mol. The largest absolute Gasteiger partial charge is 0.320 e. The zero-order valence-electron chi connectivity index (χ0n) is 10.4. The predicted octanol–water partition coefficient (Wildman–Crippen LogP) is 3.63. The highest BCUT2D eigenvalue weighted by atomic mass is 19.1. The first kappa shape index (κ1) is 12.7. The number of benzene rings is 2. The van der Waals surface area contributed by atoms with Crippen LogP contribution in [-0.4, -0.2) is 0 Å². The van der Waals surface area contributed by atoms with Crippen LogP contribution in [0.15, 0.2) is 36.4 Å². The third-order valence-corrected chi connectivity index (χ3v) is 3.11. The summed E-state index contributed by atoms with van der Waals surface area (Å²) in [5.41, 5.74) is 8.79. The van der Waals surface area contributed by atoms with Gasteiger partial charge in [0.1, 0.15) is 11.6 Å². The Balaban J connectivity index is 2.53. The summed E-state index contributed by atoms with van der Waals surface area (Å²) < 4.78 is 27.0. The Morgan fingerprint density at radius 2 is 1.56 bits per heavy atom. The molecule has 1 atom stereocenters. The molecule has 3 heteroatoms. The third-order valence-electron chi connectivity index (χ3n) is 3.11. The smallest absolute Gasteiger partial charge is 0.128 e. The Labute approximate surface area is 105 Å². The molecule has 0 heterocycles. The van der Waals surface area contributed by atoms with Gasteiger partial charge in [0.15, 0.2) is 0 Å². The van der Waals surface area contributed by atoms with Gasteiger partial charge in [-0.3, -0.25) is 0 Å². The van der Waals surface area contributed by atoms with E-state index in [9.17, 15) is 8.78 Å². The van der Waals surface area contributed by atoms with E-state index in [2.05, 4.69) is 0 Å². The number of rotatable bonds is 2. The molecule has 0 saturated carbocycles. The second kappa shape index (κ2) is 4.86. The standard InChI is InChI=1S/C15H15F2N/c1-9-7-11(16)8-10(2)14(9)15(18)12-5-3-4-6-13(12)17/h3-8,15H,18H2,1-2H3. The molecule has 2 rings (SSSR count). The van der Waals surface area contributed by atoms with Crippen LogP contribution < -0.4 is 5.73 Å². The van der Waals surface area contributed by atoms with Crippen molar-refractivity contribution in [2.45, 2.75) is 19.9 Å². The van der Waals surface area contributed by atoms with Crippen molar-refractivity contribution in [2.75, 3.05) is 0 Å². The molecule has 2 N–H and O–H groups in total. The summed E-state index contributed by atoms with van der Waals surface area (Å²) >= 11 is 0. The molecule has 94 valence electrons. The second-order valence-electron chi connectivity index (χ2n) is 4.45. The normalized spacial score (nSPS) is 12.5. The quantitative estimate of drug-likeness (QED) is 0.861. The lowest BCUT2D eigenvalue weighted by atomic mass is 9.91. The SMILES string of the molecule is Cc1cc(F)cc(C)c1C(N)c1ccccc1F. The van der Waals surface area contributed by atoms with Crippen LogP contribution in [0.25, 0.3) is 0 Å². The minimum Gasteiger partial charge on any atom is -0.320 e. The molecule has 1 unspecified atom stereocenters. The van der Waals surface area contributed by atoms with Gasteiger partial charge in [0.25, 0.3) is 0 Å². The van der Waals surface area contributed by atoms with E-state index in [1.165, 1.54) is 18.2 Å². The highest BCUT2D eigenvalue weighted by Crippen LogP contribution is 2.28. The molecule has 2 aromatic rings. The Morgan fingerprint density at radius 1 is 1.00 bits per heavy atom. The van der Waals surface area contributed by atoms with E-state index >= 15 is 0 Å². The van der Waals surface area contributed by atoms with Gasteiger partial charge in [-0.15, -0.1) is 0 Å². The van der Waals surface area contributed by atoms with Crippen molar-refractivity contribution >= 4 is 0 Å². The van der Waals surface area contributed by atoms with E-state index in [1.54, 1.807) is 32.0 Å². The Kier molecular flexibility index (Phi) is 3.43. The molecule has 0 aromatic heterocycles. The molecule has 2 aromatic carbocycles. The molecule has 0 saturated heterocycles. The van der Waals surface area contributed by atoms with Crippen LogP contribution in [0.2, 0.25) is 0 Å². The highest BCUT2D eigenvalue weighted by molar-refractivity contribution is 5.42. The lowest BCUT2D eigenvalue weighted by Gasteiger charge is -2.18. The van der Waals surface area contributed by atoms with Crippen molar-refractivity contribution < 1.29 is 8.78 Å². The van der Waals surface area contributed by atoms with Gasteiger partial charge in [-0.25, -0.2) is 8.78 Å². The molecule has 1 nitrogen and oxygen atoms in total. The van der Waals surface area contributed by atoms with Gasteiger partial charge in [-0.2, -0.15) is 0 Å². The van der Waals surface area contributed by atoms with E-state index in [1.807, 2.05) is 0 Å². The fraction of sp³-hybridized carbons (Fsp3) is 0.200. The predicted molar refractivity (Wildman–Crippen MR) is 68.3 cm³/mol. The van der Waals surface area contributed by atoms with Gasteiger partial charge in [0.05, 0.1) is 6.04 Å². The zero-order valence-corrected chi connectivity index (χ0v) is 10.4. The summed E-state index contributed by atoms with van der Waals surface area (Å²) in [4.78, 5) is 0. The summed E-state index contributed by atoms with van der Waals surface area (Å²) in [5, 5.41) is 0. The third kappa shape index (κ3) is 2.27. The van der Waals surface area contributed by atoms with E-state index in [-0.39, 0.29) is 11.6 Å². The number of halogens is 2. The second-order valence-corrected chi connectivity index (χ2v) is 4.45. The minimum absolute atomic E-state index is 0.297. The molecule has 0 fully saturated rings. The van der Waals surface area contributed by atoms with Gasteiger partial charge < -0.3 is 5.73 Å². The number of aryl methyl sites for hydroxylation is 2. The maximum atomic E-state index is 13.7. The van der Waals surface area contributed by atoms with Gasteiger partial charge in [0.2, 0.25) is 0 Å². The molecule has 0 aliphatic carbocycles. The molecular formula is C15H15F2N. The number of nitrogens with two attached hydrogens (primary N) is 1. The van der Waals surface area contributed by atoms with Crippen LogP contribution in [0.3, 0.4) is 0 Å². The fourth-order valence-corrected chi connectivity index (χ4v) is 2.30. The highest BCUT2D eigenvalue weighted by Gasteiger charge is 2.17. The first-order valence-electron chi connectivity index (χ1n) is 5.77. The molecule has 0 radical (unpaired) electrons. The Morgan fingerprint density at radius 3 is 2.11 bits per heavy atom. The molecule has 0 aliphatic heterocycles. The Hall–Kier alpha value is -1.74. The minimum atomic E-state index is -0.577. The lowest BCUT2D eigenvalue weighted by molar-refractivity contribution is 0.597. The number of hydrogen-bond donors (Lipinski definition) is 1. The van der Waals surface area contributed by atoms with Crippen molar-refractivity contribution in [1.29, 1.82) is 0 Å². The molecule has 0 bridgehead atoms. The maximum Gasteiger partial charge on any atom is 0.128 e. The van der Waals surface area contributed by atoms with Crippen molar-refractivity contribution in [2.24, 2.45) is 5.73 Å². The van der Waals surface area contributed by atoms with E-state index in [0.717, 1.165) is 16.7 Å². The van der Waals surface area contributed by atoms with Crippen LogP contribution in [0.5, 0.6) is 0 Å². The van der Waals surface area contributed by atoms with Crippen molar-refractivity contribution in [3.8, 4) is 0 Å². The van der Waals surface area contributed by atoms with Gasteiger partial charge in [-0.1, -0.05) is 18.2 Å². The molecule has 0 amide bonds. The van der Waals surface area contributed by atoms with Crippen LogP contribution in [0.4, 0.5) is 8.78 Å². The lowest BCUT2D eigenvalue weighted by Crippen LogP contribution is -2.16. The summed E-state index contributed by atoms with van der Waals surface area (Å²) in [7, 11) is 0. The fourth-order valence-electron chi connectivity index (χ4n) is 2.30. The summed E-state index contributed by atoms with van der Waals surface area (Å²) in [5.74, 6) is -0.636. The van der Waals surface area contributed by atoms with Crippen molar-refractivity contribution in [1.82, 2.24) is 0 Å². The zero-order chi connectivity index (χ0) is 13.3.